The Morgan fingerprint density at radius 2 is 1.87 bits per heavy atom. The van der Waals surface area contributed by atoms with Gasteiger partial charge in [-0.05, 0) is 54.8 Å². The number of aromatic nitrogens is 2. The summed E-state index contributed by atoms with van der Waals surface area (Å²) in [6.07, 6.45) is 3.44. The first-order valence-corrected chi connectivity index (χ1v) is 10.6. The number of hydrogen-bond acceptors (Lipinski definition) is 4. The van der Waals surface area contributed by atoms with Crippen molar-refractivity contribution in [3.8, 4) is 11.4 Å². The second-order valence-electron chi connectivity index (χ2n) is 8.22. The fraction of sp³-hybridized carbons (Fsp3) is 0.375. The first-order valence-electron chi connectivity index (χ1n) is 10.6. The maximum atomic E-state index is 13.4. The molecule has 5 nitrogen and oxygen atoms in total. The molecule has 0 radical (unpaired) electrons. The maximum Gasteiger partial charge on any atom is 0.123 e. The highest BCUT2D eigenvalue weighted by atomic mass is 19.1. The first-order chi connectivity index (χ1) is 14.7. The Morgan fingerprint density at radius 1 is 1.10 bits per heavy atom. The first kappa shape index (κ1) is 19.3. The van der Waals surface area contributed by atoms with Crippen LogP contribution in [0.5, 0.6) is 5.75 Å². The zero-order chi connectivity index (χ0) is 20.5. The molecule has 2 aliphatic rings. The van der Waals surface area contributed by atoms with E-state index in [1.807, 2.05) is 28.9 Å². The number of nitrogens with zero attached hydrogens (tertiary/aromatic N) is 3. The van der Waals surface area contributed by atoms with Gasteiger partial charge in [-0.15, -0.1) is 0 Å². The van der Waals surface area contributed by atoms with Crippen molar-refractivity contribution in [2.24, 2.45) is 0 Å². The van der Waals surface area contributed by atoms with Crippen LogP contribution >= 0.6 is 0 Å². The summed E-state index contributed by atoms with van der Waals surface area (Å²) in [6, 6.07) is 15.6. The van der Waals surface area contributed by atoms with E-state index >= 15 is 0 Å². The molecule has 0 spiro atoms. The van der Waals surface area contributed by atoms with E-state index in [1.165, 1.54) is 41.8 Å². The lowest BCUT2D eigenvalue weighted by molar-refractivity contribution is 0.242. The van der Waals surface area contributed by atoms with E-state index in [1.54, 1.807) is 7.11 Å². The summed E-state index contributed by atoms with van der Waals surface area (Å²) in [4.78, 5) is 2.47. The zero-order valence-corrected chi connectivity index (χ0v) is 17.3. The van der Waals surface area contributed by atoms with E-state index in [0.29, 0.717) is 6.04 Å². The minimum Gasteiger partial charge on any atom is -0.497 e. The van der Waals surface area contributed by atoms with Crippen molar-refractivity contribution in [2.45, 2.75) is 44.9 Å². The molecule has 0 unspecified atom stereocenters. The summed E-state index contributed by atoms with van der Waals surface area (Å²) in [5, 5.41) is 8.55. The summed E-state index contributed by atoms with van der Waals surface area (Å²) < 4.78 is 20.7. The lowest BCUT2D eigenvalue weighted by Crippen LogP contribution is -2.31. The second-order valence-corrected chi connectivity index (χ2v) is 8.22. The highest BCUT2D eigenvalue weighted by molar-refractivity contribution is 5.39. The Labute approximate surface area is 176 Å². The fourth-order valence-electron chi connectivity index (χ4n) is 4.13. The molecule has 30 heavy (non-hydrogen) atoms. The summed E-state index contributed by atoms with van der Waals surface area (Å²) in [6.45, 7) is 3.55. The highest BCUT2D eigenvalue weighted by Gasteiger charge is 2.27. The minimum absolute atomic E-state index is 0.221. The summed E-state index contributed by atoms with van der Waals surface area (Å²) in [7, 11) is 1.69. The van der Waals surface area contributed by atoms with Crippen molar-refractivity contribution >= 4 is 0 Å². The van der Waals surface area contributed by atoms with Crippen LogP contribution in [-0.2, 0) is 26.1 Å². The highest BCUT2D eigenvalue weighted by Crippen LogP contribution is 2.28. The van der Waals surface area contributed by atoms with Crippen LogP contribution < -0.4 is 10.1 Å². The van der Waals surface area contributed by atoms with Crippen molar-refractivity contribution in [1.29, 1.82) is 0 Å². The molecule has 1 aliphatic carbocycles. The quantitative estimate of drug-likeness (QED) is 0.648. The molecule has 2 heterocycles. The molecule has 0 amide bonds. The third-order valence-electron chi connectivity index (χ3n) is 5.99. The number of hydrogen-bond donors (Lipinski definition) is 1. The normalized spacial score (nSPS) is 16.5. The second kappa shape index (κ2) is 8.20. The monoisotopic (exact) mass is 406 g/mol. The van der Waals surface area contributed by atoms with Crippen molar-refractivity contribution in [2.75, 3.05) is 13.7 Å². The SMILES string of the molecule is COc1ccc(CN2CCc3c(c(CNC4CC4)nn3-c3ccc(F)cc3)C2)cc1. The van der Waals surface area contributed by atoms with Gasteiger partial charge in [0.25, 0.3) is 0 Å². The molecule has 1 fully saturated rings. The van der Waals surface area contributed by atoms with E-state index in [9.17, 15) is 4.39 Å². The van der Waals surface area contributed by atoms with Crippen LogP contribution in [-0.4, -0.2) is 34.4 Å². The van der Waals surface area contributed by atoms with E-state index in [-0.39, 0.29) is 5.82 Å². The molecule has 0 saturated heterocycles. The number of benzene rings is 2. The van der Waals surface area contributed by atoms with Crippen LogP contribution in [0.3, 0.4) is 0 Å². The molecule has 1 N–H and O–H groups in total. The lowest BCUT2D eigenvalue weighted by atomic mass is 10.0. The predicted molar refractivity (Wildman–Crippen MR) is 114 cm³/mol. The Balaban J connectivity index is 1.39. The van der Waals surface area contributed by atoms with Crippen LogP contribution in [0, 0.1) is 5.82 Å². The van der Waals surface area contributed by atoms with Gasteiger partial charge < -0.3 is 10.1 Å². The smallest absolute Gasteiger partial charge is 0.123 e. The van der Waals surface area contributed by atoms with Crippen LogP contribution in [0.4, 0.5) is 4.39 Å². The van der Waals surface area contributed by atoms with Gasteiger partial charge in [-0.3, -0.25) is 4.90 Å². The summed E-state index contributed by atoms with van der Waals surface area (Å²) in [5.41, 5.74) is 5.88. The largest absolute Gasteiger partial charge is 0.497 e. The standard InChI is InChI=1S/C24H27FN4O/c1-30-21-10-2-17(3-11-21)15-28-13-12-24-22(16-28)23(14-26-19-6-7-19)27-29(24)20-8-4-18(25)5-9-20/h2-5,8-11,19,26H,6-7,12-16H2,1H3. The maximum absolute atomic E-state index is 13.4. The molecular formula is C24H27FN4O. The molecule has 0 bridgehead atoms. The fourth-order valence-corrected chi connectivity index (χ4v) is 4.13. The average molecular weight is 407 g/mol. The molecule has 5 rings (SSSR count). The Hall–Kier alpha value is -2.70. The molecule has 0 atom stereocenters. The molecule has 156 valence electrons. The third kappa shape index (κ3) is 4.11. The Bertz CT molecular complexity index is 1010. The Morgan fingerprint density at radius 3 is 2.57 bits per heavy atom. The number of nitrogens with one attached hydrogen (secondary N) is 1. The summed E-state index contributed by atoms with van der Waals surface area (Å²) >= 11 is 0. The zero-order valence-electron chi connectivity index (χ0n) is 17.3. The van der Waals surface area contributed by atoms with Gasteiger partial charge in [-0.25, -0.2) is 9.07 Å². The van der Waals surface area contributed by atoms with Crippen molar-refractivity contribution in [3.05, 3.63) is 76.9 Å². The number of halogens is 1. The number of rotatable bonds is 7. The van der Waals surface area contributed by atoms with E-state index in [4.69, 9.17) is 9.84 Å². The van der Waals surface area contributed by atoms with Crippen LogP contribution in [0.25, 0.3) is 5.69 Å². The molecule has 1 aliphatic heterocycles. The molecule has 1 saturated carbocycles. The molecule has 2 aromatic carbocycles. The van der Waals surface area contributed by atoms with E-state index in [2.05, 4.69) is 22.3 Å². The molecule has 1 aromatic heterocycles. The number of methoxy groups -OCH3 is 1. The van der Waals surface area contributed by atoms with E-state index in [0.717, 1.165) is 49.7 Å². The van der Waals surface area contributed by atoms with Gasteiger partial charge in [0.1, 0.15) is 11.6 Å². The van der Waals surface area contributed by atoms with Crippen LogP contribution in [0.15, 0.2) is 48.5 Å². The van der Waals surface area contributed by atoms with Gasteiger partial charge in [0.05, 0.1) is 24.2 Å². The van der Waals surface area contributed by atoms with Gasteiger partial charge in [-0.2, -0.15) is 5.10 Å². The number of fused-ring (bicyclic) bond motifs is 1. The average Bonchev–Trinajstić information content (AvgIpc) is 3.54. The lowest BCUT2D eigenvalue weighted by Gasteiger charge is -2.28. The van der Waals surface area contributed by atoms with Crippen LogP contribution in [0.2, 0.25) is 0 Å². The molecular weight excluding hydrogens is 379 g/mol. The Kier molecular flexibility index (Phi) is 5.27. The predicted octanol–water partition coefficient (Wildman–Crippen LogP) is 3.83. The minimum atomic E-state index is -0.221. The third-order valence-corrected chi connectivity index (χ3v) is 5.99. The van der Waals surface area contributed by atoms with Gasteiger partial charge in [0.15, 0.2) is 0 Å². The van der Waals surface area contributed by atoms with Crippen LogP contribution in [0.1, 0.15) is 35.4 Å². The van der Waals surface area contributed by atoms with Crippen molar-refractivity contribution < 1.29 is 9.13 Å². The van der Waals surface area contributed by atoms with E-state index < -0.39 is 0 Å². The van der Waals surface area contributed by atoms with Crippen molar-refractivity contribution in [1.82, 2.24) is 20.0 Å². The molecule has 6 heteroatoms. The van der Waals surface area contributed by atoms with Crippen molar-refractivity contribution in [3.63, 3.8) is 0 Å². The molecule has 3 aromatic rings. The van der Waals surface area contributed by atoms with Gasteiger partial charge >= 0.3 is 0 Å². The topological polar surface area (TPSA) is 42.3 Å². The van der Waals surface area contributed by atoms with Gasteiger partial charge in [-0.1, -0.05) is 12.1 Å². The number of ether oxygens (including phenoxy) is 1. The van der Waals surface area contributed by atoms with Gasteiger partial charge in [0, 0.05) is 44.2 Å². The van der Waals surface area contributed by atoms with Gasteiger partial charge in [0.2, 0.25) is 0 Å². The summed E-state index contributed by atoms with van der Waals surface area (Å²) in [5.74, 6) is 0.662.